The summed E-state index contributed by atoms with van der Waals surface area (Å²) in [5.74, 6) is 0.250. The van der Waals surface area contributed by atoms with Crippen LogP contribution in [0.4, 0.5) is 5.13 Å². The summed E-state index contributed by atoms with van der Waals surface area (Å²) in [6, 6.07) is 0. The first-order valence-electron chi connectivity index (χ1n) is 7.55. The molecule has 0 atom stereocenters. The Bertz CT molecular complexity index is 452. The SMILES string of the molecule is CCN(CC)CC(=O)N1CCN(Cc2cnc(N)s2)CC1. The molecule has 6 nitrogen and oxygen atoms in total. The second-order valence-corrected chi connectivity index (χ2v) is 6.43. The highest BCUT2D eigenvalue weighted by Gasteiger charge is 2.22. The van der Waals surface area contributed by atoms with Gasteiger partial charge >= 0.3 is 0 Å². The van der Waals surface area contributed by atoms with Gasteiger partial charge in [0, 0.05) is 43.8 Å². The Morgan fingerprint density at radius 3 is 2.52 bits per heavy atom. The molecular weight excluding hydrogens is 286 g/mol. The fourth-order valence-electron chi connectivity index (χ4n) is 2.51. The first-order chi connectivity index (χ1) is 10.1. The molecule has 1 amide bonds. The lowest BCUT2D eigenvalue weighted by molar-refractivity contribution is -0.134. The average molecular weight is 311 g/mol. The highest BCUT2D eigenvalue weighted by Crippen LogP contribution is 2.17. The van der Waals surface area contributed by atoms with Gasteiger partial charge in [-0.15, -0.1) is 11.3 Å². The number of amides is 1. The van der Waals surface area contributed by atoms with Gasteiger partial charge in [-0.3, -0.25) is 14.6 Å². The second kappa shape index (κ2) is 7.72. The fourth-order valence-corrected chi connectivity index (χ4v) is 3.24. The predicted octanol–water partition coefficient (Wildman–Crippen LogP) is 0.711. The minimum atomic E-state index is 0.250. The van der Waals surface area contributed by atoms with Crippen molar-refractivity contribution in [3.63, 3.8) is 0 Å². The molecule has 21 heavy (non-hydrogen) atoms. The summed E-state index contributed by atoms with van der Waals surface area (Å²) in [7, 11) is 0. The third-order valence-corrected chi connectivity index (χ3v) is 4.74. The van der Waals surface area contributed by atoms with Crippen LogP contribution in [-0.2, 0) is 11.3 Å². The molecule has 1 aromatic heterocycles. The quantitative estimate of drug-likeness (QED) is 0.838. The van der Waals surface area contributed by atoms with Crippen molar-refractivity contribution in [1.29, 1.82) is 0 Å². The van der Waals surface area contributed by atoms with Gasteiger partial charge in [0.1, 0.15) is 0 Å². The molecule has 118 valence electrons. The number of rotatable bonds is 6. The Hall–Kier alpha value is -1.18. The molecular formula is C14H25N5OS. The summed E-state index contributed by atoms with van der Waals surface area (Å²) in [6.07, 6.45) is 1.85. The molecule has 7 heteroatoms. The Balaban J connectivity index is 1.76. The molecule has 0 aromatic carbocycles. The molecule has 0 bridgehead atoms. The topological polar surface area (TPSA) is 65.7 Å². The van der Waals surface area contributed by atoms with Crippen molar-refractivity contribution in [2.45, 2.75) is 20.4 Å². The normalized spacial score (nSPS) is 16.6. The van der Waals surface area contributed by atoms with Gasteiger partial charge in [-0.1, -0.05) is 13.8 Å². The molecule has 1 saturated heterocycles. The molecule has 0 saturated carbocycles. The molecule has 1 aromatic rings. The van der Waals surface area contributed by atoms with Crippen LogP contribution >= 0.6 is 11.3 Å². The van der Waals surface area contributed by atoms with Crippen LogP contribution in [0, 0.1) is 0 Å². The maximum Gasteiger partial charge on any atom is 0.236 e. The zero-order chi connectivity index (χ0) is 15.2. The van der Waals surface area contributed by atoms with Gasteiger partial charge in [0.2, 0.25) is 5.91 Å². The van der Waals surface area contributed by atoms with E-state index < -0.39 is 0 Å². The van der Waals surface area contributed by atoms with Crippen molar-refractivity contribution >= 4 is 22.4 Å². The maximum atomic E-state index is 12.2. The maximum absolute atomic E-state index is 12.2. The molecule has 0 radical (unpaired) electrons. The van der Waals surface area contributed by atoms with Crippen LogP contribution in [0.15, 0.2) is 6.20 Å². The molecule has 1 fully saturated rings. The molecule has 2 heterocycles. The highest BCUT2D eigenvalue weighted by molar-refractivity contribution is 7.15. The Kier molecular flexibility index (Phi) is 5.96. The Labute approximate surface area is 130 Å². The van der Waals surface area contributed by atoms with Crippen molar-refractivity contribution < 1.29 is 4.79 Å². The first kappa shape index (κ1) is 16.2. The predicted molar refractivity (Wildman–Crippen MR) is 86.2 cm³/mol. The zero-order valence-corrected chi connectivity index (χ0v) is 13.7. The van der Waals surface area contributed by atoms with E-state index in [4.69, 9.17) is 5.73 Å². The number of carbonyl (C=O) groups is 1. The summed E-state index contributed by atoms with van der Waals surface area (Å²) in [5, 5.41) is 0.623. The molecule has 1 aliphatic heterocycles. The van der Waals surface area contributed by atoms with Crippen LogP contribution in [0.25, 0.3) is 0 Å². The van der Waals surface area contributed by atoms with E-state index in [0.717, 1.165) is 45.8 Å². The van der Waals surface area contributed by atoms with Crippen molar-refractivity contribution in [2.75, 3.05) is 51.5 Å². The number of likely N-dealkylation sites (N-methyl/N-ethyl adjacent to an activating group) is 1. The van der Waals surface area contributed by atoms with Crippen LogP contribution in [0.5, 0.6) is 0 Å². The van der Waals surface area contributed by atoms with Gasteiger partial charge in [0.15, 0.2) is 5.13 Å². The Morgan fingerprint density at radius 2 is 2.00 bits per heavy atom. The van der Waals surface area contributed by atoms with Crippen molar-refractivity contribution in [2.24, 2.45) is 0 Å². The van der Waals surface area contributed by atoms with Gasteiger partial charge in [-0.25, -0.2) is 4.98 Å². The first-order valence-corrected chi connectivity index (χ1v) is 8.36. The van der Waals surface area contributed by atoms with E-state index in [0.29, 0.717) is 11.7 Å². The van der Waals surface area contributed by atoms with E-state index in [1.807, 2.05) is 11.1 Å². The number of hydrogen-bond acceptors (Lipinski definition) is 6. The van der Waals surface area contributed by atoms with Gasteiger partial charge in [0.25, 0.3) is 0 Å². The van der Waals surface area contributed by atoms with Gasteiger partial charge in [0.05, 0.1) is 6.54 Å². The van der Waals surface area contributed by atoms with Crippen LogP contribution in [0.1, 0.15) is 18.7 Å². The van der Waals surface area contributed by atoms with Crippen LogP contribution in [-0.4, -0.2) is 71.4 Å². The van der Waals surface area contributed by atoms with E-state index in [1.54, 1.807) is 11.3 Å². The standard InChI is InChI=1S/C14H25N5OS/c1-3-17(4-2)11-13(20)19-7-5-18(6-8-19)10-12-9-16-14(15)21-12/h9H,3-8,10-11H2,1-2H3,(H2,15,16). The third-order valence-electron chi connectivity index (χ3n) is 3.93. The van der Waals surface area contributed by atoms with E-state index in [1.165, 1.54) is 4.88 Å². The highest BCUT2D eigenvalue weighted by atomic mass is 32.1. The third kappa shape index (κ3) is 4.66. The molecule has 2 rings (SSSR count). The van der Waals surface area contributed by atoms with E-state index >= 15 is 0 Å². The Morgan fingerprint density at radius 1 is 1.33 bits per heavy atom. The van der Waals surface area contributed by atoms with Crippen LogP contribution in [0.3, 0.4) is 0 Å². The summed E-state index contributed by atoms with van der Waals surface area (Å²) >= 11 is 1.54. The molecule has 0 aliphatic carbocycles. The number of hydrogen-bond donors (Lipinski definition) is 1. The summed E-state index contributed by atoms with van der Waals surface area (Å²) in [5.41, 5.74) is 5.65. The van der Waals surface area contributed by atoms with E-state index in [-0.39, 0.29) is 5.91 Å². The van der Waals surface area contributed by atoms with Crippen molar-refractivity contribution in [3.05, 3.63) is 11.1 Å². The van der Waals surface area contributed by atoms with Crippen LogP contribution in [0.2, 0.25) is 0 Å². The molecule has 1 aliphatic rings. The second-order valence-electron chi connectivity index (χ2n) is 5.28. The smallest absolute Gasteiger partial charge is 0.236 e. The zero-order valence-electron chi connectivity index (χ0n) is 12.9. The number of piperazine rings is 1. The number of carbonyl (C=O) groups excluding carboxylic acids is 1. The minimum Gasteiger partial charge on any atom is -0.375 e. The van der Waals surface area contributed by atoms with E-state index in [9.17, 15) is 4.79 Å². The lowest BCUT2D eigenvalue weighted by Crippen LogP contribution is -2.50. The largest absolute Gasteiger partial charge is 0.375 e. The molecule has 0 unspecified atom stereocenters. The lowest BCUT2D eigenvalue weighted by atomic mass is 10.3. The fraction of sp³-hybridized carbons (Fsp3) is 0.714. The monoisotopic (exact) mass is 311 g/mol. The van der Waals surface area contributed by atoms with Gasteiger partial charge in [-0.2, -0.15) is 0 Å². The number of aromatic nitrogens is 1. The van der Waals surface area contributed by atoms with Crippen molar-refractivity contribution in [1.82, 2.24) is 19.7 Å². The number of nitrogens with zero attached hydrogens (tertiary/aromatic N) is 4. The lowest BCUT2D eigenvalue weighted by Gasteiger charge is -2.35. The number of anilines is 1. The average Bonchev–Trinajstić information content (AvgIpc) is 2.90. The minimum absolute atomic E-state index is 0.250. The number of nitrogens with two attached hydrogens (primary N) is 1. The van der Waals surface area contributed by atoms with Crippen molar-refractivity contribution in [3.8, 4) is 0 Å². The summed E-state index contributed by atoms with van der Waals surface area (Å²) in [4.78, 5) is 24.0. The molecule has 2 N–H and O–H groups in total. The number of thiazole rings is 1. The van der Waals surface area contributed by atoms with E-state index in [2.05, 4.69) is 28.6 Å². The molecule has 0 spiro atoms. The summed E-state index contributed by atoms with van der Waals surface area (Å²) in [6.45, 7) is 10.9. The number of nitrogen functional groups attached to an aromatic ring is 1. The van der Waals surface area contributed by atoms with Gasteiger partial charge in [-0.05, 0) is 13.1 Å². The summed E-state index contributed by atoms with van der Waals surface area (Å²) < 4.78 is 0. The van der Waals surface area contributed by atoms with Gasteiger partial charge < -0.3 is 10.6 Å². The van der Waals surface area contributed by atoms with Crippen LogP contribution < -0.4 is 5.73 Å².